The largest absolute Gasteiger partial charge is 0.325 e. The van der Waals surface area contributed by atoms with Gasteiger partial charge in [-0.05, 0) is 36.3 Å². The summed E-state index contributed by atoms with van der Waals surface area (Å²) in [6, 6.07) is 13.8. The third kappa shape index (κ3) is 3.56. The van der Waals surface area contributed by atoms with Crippen LogP contribution in [0.1, 0.15) is 22.7 Å². The molecular weight excluding hydrogens is 402 g/mol. The average Bonchev–Trinajstić information content (AvgIpc) is 3.29. The molecule has 146 valence electrons. The number of amides is 1. The molecule has 1 amide bonds. The highest BCUT2D eigenvalue weighted by molar-refractivity contribution is 7.99. The topological polar surface area (TPSA) is 74.8 Å². The van der Waals surface area contributed by atoms with Crippen LogP contribution in [-0.4, -0.2) is 21.6 Å². The number of hydrogen-bond donors (Lipinski definition) is 2. The summed E-state index contributed by atoms with van der Waals surface area (Å²) in [5.74, 6) is 1.36. The molecule has 0 spiro atoms. The second kappa shape index (κ2) is 7.65. The van der Waals surface area contributed by atoms with E-state index in [1.165, 1.54) is 22.2 Å². The molecule has 0 bridgehead atoms. The number of rotatable bonds is 5. The zero-order valence-corrected chi connectivity index (χ0v) is 17.3. The fraction of sp³-hybridized carbons (Fsp3) is 0.227. The van der Waals surface area contributed by atoms with Crippen molar-refractivity contribution in [2.24, 2.45) is 0 Å². The van der Waals surface area contributed by atoms with Crippen LogP contribution in [0, 0.1) is 0 Å². The second-order valence-electron chi connectivity index (χ2n) is 7.12. The number of nitrogens with one attached hydrogen (secondary N) is 2. The fourth-order valence-electron chi connectivity index (χ4n) is 3.88. The Balaban J connectivity index is 1.25. The molecule has 0 atom stereocenters. The number of nitrogens with zero attached hydrogens (tertiary/aromatic N) is 1. The third-order valence-electron chi connectivity index (χ3n) is 5.16. The van der Waals surface area contributed by atoms with Gasteiger partial charge in [-0.15, -0.1) is 23.1 Å². The number of thioether (sulfide) groups is 1. The lowest BCUT2D eigenvalue weighted by Crippen LogP contribution is -2.15. The molecule has 7 heteroatoms. The first-order chi connectivity index (χ1) is 14.2. The van der Waals surface area contributed by atoms with E-state index in [2.05, 4.69) is 15.3 Å². The van der Waals surface area contributed by atoms with Crippen molar-refractivity contribution in [1.29, 1.82) is 0 Å². The maximum Gasteiger partial charge on any atom is 0.259 e. The number of carbonyl (C=O) groups is 1. The van der Waals surface area contributed by atoms with Gasteiger partial charge >= 0.3 is 0 Å². The molecule has 0 radical (unpaired) electrons. The number of aromatic nitrogens is 2. The molecule has 0 saturated carbocycles. The first kappa shape index (κ1) is 18.4. The SMILES string of the molecule is O=C(CSCc1nc2sc3c(c2c(=O)[nH]1)CCC3)Nc1cccc2ccccc12. The van der Waals surface area contributed by atoms with Gasteiger partial charge in [-0.25, -0.2) is 4.98 Å². The van der Waals surface area contributed by atoms with Crippen LogP contribution in [0.15, 0.2) is 47.3 Å². The number of benzene rings is 2. The van der Waals surface area contributed by atoms with Gasteiger partial charge in [-0.2, -0.15) is 0 Å². The van der Waals surface area contributed by atoms with Crippen molar-refractivity contribution in [2.75, 3.05) is 11.1 Å². The molecule has 2 N–H and O–H groups in total. The first-order valence-corrected chi connectivity index (χ1v) is 11.5. The summed E-state index contributed by atoms with van der Waals surface area (Å²) >= 11 is 3.08. The highest BCUT2D eigenvalue weighted by Gasteiger charge is 2.21. The van der Waals surface area contributed by atoms with Gasteiger partial charge in [0.05, 0.1) is 16.9 Å². The molecule has 0 saturated heterocycles. The van der Waals surface area contributed by atoms with Crippen LogP contribution < -0.4 is 10.9 Å². The van der Waals surface area contributed by atoms with Crippen LogP contribution in [0.5, 0.6) is 0 Å². The fourth-order valence-corrected chi connectivity index (χ4v) is 5.85. The van der Waals surface area contributed by atoms with E-state index in [9.17, 15) is 9.59 Å². The molecular formula is C22H19N3O2S2. The minimum absolute atomic E-state index is 0.0507. The molecule has 0 aliphatic heterocycles. The number of H-pyrrole nitrogens is 1. The summed E-state index contributed by atoms with van der Waals surface area (Å²) in [5.41, 5.74) is 1.95. The van der Waals surface area contributed by atoms with E-state index in [1.807, 2.05) is 42.5 Å². The van der Waals surface area contributed by atoms with Gasteiger partial charge in [-0.3, -0.25) is 9.59 Å². The van der Waals surface area contributed by atoms with Crippen LogP contribution >= 0.6 is 23.1 Å². The van der Waals surface area contributed by atoms with Crippen molar-refractivity contribution in [3.63, 3.8) is 0 Å². The molecule has 5 rings (SSSR count). The van der Waals surface area contributed by atoms with E-state index in [-0.39, 0.29) is 11.5 Å². The lowest BCUT2D eigenvalue weighted by atomic mass is 10.1. The predicted octanol–water partition coefficient (Wildman–Crippen LogP) is 4.50. The zero-order valence-electron chi connectivity index (χ0n) is 15.7. The molecule has 2 aromatic carbocycles. The molecule has 2 heterocycles. The summed E-state index contributed by atoms with van der Waals surface area (Å²) in [4.78, 5) is 34.6. The molecule has 29 heavy (non-hydrogen) atoms. The Morgan fingerprint density at radius 3 is 2.97 bits per heavy atom. The Morgan fingerprint density at radius 2 is 2.03 bits per heavy atom. The Morgan fingerprint density at radius 1 is 1.17 bits per heavy atom. The molecule has 0 fully saturated rings. The van der Waals surface area contributed by atoms with Gasteiger partial charge < -0.3 is 10.3 Å². The summed E-state index contributed by atoms with van der Waals surface area (Å²) in [6.07, 6.45) is 3.15. The molecule has 4 aromatic rings. The average molecular weight is 422 g/mol. The maximum absolute atomic E-state index is 12.5. The number of carbonyl (C=O) groups excluding carboxylic acids is 1. The number of aromatic amines is 1. The van der Waals surface area contributed by atoms with Gasteiger partial charge in [0.2, 0.25) is 5.91 Å². The van der Waals surface area contributed by atoms with Crippen LogP contribution in [0.3, 0.4) is 0 Å². The summed E-state index contributed by atoms with van der Waals surface area (Å²) in [7, 11) is 0. The standard InChI is InChI=1S/C22H19N3O2S2/c26-19(23-16-9-3-6-13-5-1-2-7-14(13)16)12-28-11-18-24-21(27)20-15-8-4-10-17(15)29-22(20)25-18/h1-3,5-7,9H,4,8,10-12H2,(H,23,26)(H,24,25,27). The molecule has 2 aromatic heterocycles. The van der Waals surface area contributed by atoms with Crippen LogP contribution in [0.4, 0.5) is 5.69 Å². The van der Waals surface area contributed by atoms with E-state index in [0.29, 0.717) is 17.3 Å². The summed E-state index contributed by atoms with van der Waals surface area (Å²) in [5, 5.41) is 5.87. The van der Waals surface area contributed by atoms with Crippen molar-refractivity contribution in [1.82, 2.24) is 9.97 Å². The second-order valence-corrected chi connectivity index (χ2v) is 9.19. The minimum atomic E-state index is -0.0649. The summed E-state index contributed by atoms with van der Waals surface area (Å²) in [6.45, 7) is 0. The number of hydrogen-bond acceptors (Lipinski definition) is 5. The molecule has 1 aliphatic carbocycles. The highest BCUT2D eigenvalue weighted by atomic mass is 32.2. The smallest absolute Gasteiger partial charge is 0.259 e. The van der Waals surface area contributed by atoms with Crippen molar-refractivity contribution in [3.05, 3.63) is 69.1 Å². The quantitative estimate of drug-likeness (QED) is 0.498. The number of thiophene rings is 1. The normalized spacial score (nSPS) is 13.1. The lowest BCUT2D eigenvalue weighted by Gasteiger charge is -2.08. The van der Waals surface area contributed by atoms with Gasteiger partial charge in [0, 0.05) is 16.0 Å². The molecule has 5 nitrogen and oxygen atoms in total. The van der Waals surface area contributed by atoms with E-state index < -0.39 is 0 Å². The van der Waals surface area contributed by atoms with Gasteiger partial charge in [0.25, 0.3) is 5.56 Å². The van der Waals surface area contributed by atoms with Crippen molar-refractivity contribution >= 4 is 55.7 Å². The first-order valence-electron chi connectivity index (χ1n) is 9.58. The van der Waals surface area contributed by atoms with Crippen molar-refractivity contribution in [2.45, 2.75) is 25.0 Å². The zero-order chi connectivity index (χ0) is 19.8. The molecule has 0 unspecified atom stereocenters. The Hall–Kier alpha value is -2.64. The Labute approximate surface area is 175 Å². The third-order valence-corrected chi connectivity index (χ3v) is 7.29. The number of fused-ring (bicyclic) bond motifs is 4. The van der Waals surface area contributed by atoms with Crippen molar-refractivity contribution in [3.8, 4) is 0 Å². The van der Waals surface area contributed by atoms with Crippen LogP contribution in [-0.2, 0) is 23.4 Å². The van der Waals surface area contributed by atoms with E-state index >= 15 is 0 Å². The maximum atomic E-state index is 12.5. The summed E-state index contributed by atoms with van der Waals surface area (Å²) < 4.78 is 0. The van der Waals surface area contributed by atoms with Gasteiger partial charge in [-0.1, -0.05) is 36.4 Å². The Kier molecular flexibility index (Phi) is 4.85. The van der Waals surface area contributed by atoms with E-state index in [4.69, 9.17) is 0 Å². The van der Waals surface area contributed by atoms with Gasteiger partial charge in [0.15, 0.2) is 0 Å². The minimum Gasteiger partial charge on any atom is -0.325 e. The van der Waals surface area contributed by atoms with Crippen LogP contribution in [0.25, 0.3) is 21.0 Å². The van der Waals surface area contributed by atoms with E-state index in [0.717, 1.165) is 45.9 Å². The predicted molar refractivity (Wildman–Crippen MR) is 121 cm³/mol. The molecule has 1 aliphatic rings. The lowest BCUT2D eigenvalue weighted by molar-refractivity contribution is -0.113. The van der Waals surface area contributed by atoms with Crippen LogP contribution in [0.2, 0.25) is 0 Å². The number of aryl methyl sites for hydroxylation is 2. The van der Waals surface area contributed by atoms with E-state index in [1.54, 1.807) is 11.3 Å². The van der Waals surface area contributed by atoms with Crippen molar-refractivity contribution < 1.29 is 4.79 Å². The van der Waals surface area contributed by atoms with Gasteiger partial charge in [0.1, 0.15) is 10.7 Å². The monoisotopic (exact) mass is 421 g/mol. The highest BCUT2D eigenvalue weighted by Crippen LogP contribution is 2.34. The number of anilines is 1. The Bertz CT molecular complexity index is 1290.